The van der Waals surface area contributed by atoms with E-state index in [9.17, 15) is 0 Å². The molecular weight excluding hydrogens is 210 g/mol. The predicted octanol–water partition coefficient (Wildman–Crippen LogP) is 2.31. The molecule has 0 amide bonds. The Kier molecular flexibility index (Phi) is 3.94. The van der Waals surface area contributed by atoms with Crippen molar-refractivity contribution in [2.75, 3.05) is 6.54 Å². The van der Waals surface area contributed by atoms with Gasteiger partial charge in [-0.15, -0.1) is 0 Å². The van der Waals surface area contributed by atoms with Crippen LogP contribution in [0.3, 0.4) is 0 Å². The van der Waals surface area contributed by atoms with Gasteiger partial charge in [0.2, 0.25) is 0 Å². The third-order valence-corrected chi connectivity index (χ3v) is 2.83. The predicted molar refractivity (Wildman–Crippen MR) is 69.8 cm³/mol. The number of aromatic nitrogens is 2. The van der Waals surface area contributed by atoms with Crippen LogP contribution < -0.4 is 5.32 Å². The van der Waals surface area contributed by atoms with Crippen molar-refractivity contribution in [3.05, 3.63) is 53.9 Å². The Bertz CT molecular complexity index is 448. The number of hydrogen-bond donors (Lipinski definition) is 1. The van der Waals surface area contributed by atoms with Crippen molar-refractivity contribution < 1.29 is 0 Å². The van der Waals surface area contributed by atoms with Crippen LogP contribution in [0.2, 0.25) is 0 Å². The second-order valence-electron chi connectivity index (χ2n) is 4.21. The smallest absolute Gasteiger partial charge is 0.0643 e. The van der Waals surface area contributed by atoms with Gasteiger partial charge in [0, 0.05) is 25.7 Å². The minimum Gasteiger partial charge on any atom is -0.310 e. The molecular formula is C14H19N3. The number of nitrogens with zero attached hydrogens (tertiary/aromatic N) is 2. The Morgan fingerprint density at radius 3 is 2.59 bits per heavy atom. The number of benzene rings is 1. The van der Waals surface area contributed by atoms with E-state index in [-0.39, 0.29) is 0 Å². The first-order chi connectivity index (χ1) is 8.29. The maximum atomic E-state index is 4.43. The maximum Gasteiger partial charge on any atom is 0.0643 e. The quantitative estimate of drug-likeness (QED) is 0.852. The van der Waals surface area contributed by atoms with Gasteiger partial charge in [0.05, 0.1) is 5.69 Å². The molecule has 0 aliphatic heterocycles. The fraction of sp³-hybridized carbons (Fsp3) is 0.357. The van der Waals surface area contributed by atoms with Crippen molar-refractivity contribution in [3.8, 4) is 0 Å². The molecule has 1 N–H and O–H groups in total. The van der Waals surface area contributed by atoms with Gasteiger partial charge in [-0.05, 0) is 18.2 Å². The van der Waals surface area contributed by atoms with Crippen molar-refractivity contribution in [2.24, 2.45) is 7.05 Å². The molecule has 0 aliphatic rings. The number of aryl methyl sites for hydroxylation is 1. The standard InChI is InChI=1S/C14H19N3/c1-3-15-14(12-7-5-4-6-8-12)11-13-9-10-17(2)16-13/h4-10,14-15H,3,11H2,1-2H3. The lowest BCUT2D eigenvalue weighted by Gasteiger charge is -2.17. The fourth-order valence-electron chi connectivity index (χ4n) is 2.02. The molecule has 2 rings (SSSR count). The van der Waals surface area contributed by atoms with Gasteiger partial charge in [0.25, 0.3) is 0 Å². The summed E-state index contributed by atoms with van der Waals surface area (Å²) in [6.07, 6.45) is 2.92. The average molecular weight is 229 g/mol. The van der Waals surface area contributed by atoms with E-state index >= 15 is 0 Å². The highest BCUT2D eigenvalue weighted by Crippen LogP contribution is 2.17. The summed E-state index contributed by atoms with van der Waals surface area (Å²) in [4.78, 5) is 0. The first-order valence-corrected chi connectivity index (χ1v) is 6.06. The van der Waals surface area contributed by atoms with Crippen LogP contribution in [-0.2, 0) is 13.5 Å². The SMILES string of the molecule is CCNC(Cc1ccn(C)n1)c1ccccc1. The second kappa shape index (κ2) is 5.64. The fourth-order valence-corrected chi connectivity index (χ4v) is 2.02. The molecule has 90 valence electrons. The molecule has 0 radical (unpaired) electrons. The van der Waals surface area contributed by atoms with Gasteiger partial charge in [-0.1, -0.05) is 37.3 Å². The zero-order chi connectivity index (χ0) is 12.1. The Hall–Kier alpha value is -1.61. The Morgan fingerprint density at radius 1 is 1.24 bits per heavy atom. The lowest BCUT2D eigenvalue weighted by atomic mass is 10.0. The van der Waals surface area contributed by atoms with Crippen molar-refractivity contribution in [1.29, 1.82) is 0 Å². The normalized spacial score (nSPS) is 12.6. The minimum atomic E-state index is 0.344. The third kappa shape index (κ3) is 3.17. The Balaban J connectivity index is 2.13. The molecule has 3 heteroatoms. The largest absolute Gasteiger partial charge is 0.310 e. The highest BCUT2D eigenvalue weighted by atomic mass is 15.2. The van der Waals surface area contributed by atoms with Gasteiger partial charge in [0.1, 0.15) is 0 Å². The molecule has 0 fully saturated rings. The zero-order valence-corrected chi connectivity index (χ0v) is 10.4. The van der Waals surface area contributed by atoms with Crippen LogP contribution in [0.15, 0.2) is 42.6 Å². The monoisotopic (exact) mass is 229 g/mol. The van der Waals surface area contributed by atoms with E-state index in [4.69, 9.17) is 0 Å². The molecule has 0 saturated heterocycles. The first kappa shape index (κ1) is 11.9. The minimum absolute atomic E-state index is 0.344. The lowest BCUT2D eigenvalue weighted by Crippen LogP contribution is -2.23. The summed E-state index contributed by atoms with van der Waals surface area (Å²) >= 11 is 0. The molecule has 1 aromatic carbocycles. The first-order valence-electron chi connectivity index (χ1n) is 6.06. The van der Waals surface area contributed by atoms with E-state index in [1.807, 2.05) is 24.0 Å². The molecule has 1 atom stereocenters. The van der Waals surface area contributed by atoms with E-state index < -0.39 is 0 Å². The van der Waals surface area contributed by atoms with Crippen LogP contribution in [-0.4, -0.2) is 16.3 Å². The van der Waals surface area contributed by atoms with Gasteiger partial charge in [-0.2, -0.15) is 5.10 Å². The van der Waals surface area contributed by atoms with Gasteiger partial charge < -0.3 is 5.32 Å². The summed E-state index contributed by atoms with van der Waals surface area (Å²) in [6, 6.07) is 13.0. The van der Waals surface area contributed by atoms with Crippen LogP contribution in [0.1, 0.15) is 24.2 Å². The highest BCUT2D eigenvalue weighted by Gasteiger charge is 2.11. The third-order valence-electron chi connectivity index (χ3n) is 2.83. The van der Waals surface area contributed by atoms with Crippen LogP contribution in [0.25, 0.3) is 0 Å². The average Bonchev–Trinajstić information content (AvgIpc) is 2.75. The number of rotatable bonds is 5. The summed E-state index contributed by atoms with van der Waals surface area (Å²) in [5.74, 6) is 0. The summed E-state index contributed by atoms with van der Waals surface area (Å²) in [6.45, 7) is 3.10. The molecule has 1 unspecified atom stereocenters. The van der Waals surface area contributed by atoms with Crippen molar-refractivity contribution in [1.82, 2.24) is 15.1 Å². The molecule has 0 spiro atoms. The van der Waals surface area contributed by atoms with E-state index in [1.54, 1.807) is 0 Å². The van der Waals surface area contributed by atoms with E-state index in [0.717, 1.165) is 18.7 Å². The summed E-state index contributed by atoms with van der Waals surface area (Å²) in [5.41, 5.74) is 2.45. The summed E-state index contributed by atoms with van der Waals surface area (Å²) < 4.78 is 1.85. The Morgan fingerprint density at radius 2 is 2.00 bits per heavy atom. The van der Waals surface area contributed by atoms with E-state index in [1.165, 1.54) is 5.56 Å². The number of hydrogen-bond acceptors (Lipinski definition) is 2. The molecule has 0 saturated carbocycles. The molecule has 2 aromatic rings. The Labute approximate surface area is 102 Å². The molecule has 1 heterocycles. The van der Waals surface area contributed by atoms with Gasteiger partial charge >= 0.3 is 0 Å². The number of likely N-dealkylation sites (N-methyl/N-ethyl adjacent to an activating group) is 1. The van der Waals surface area contributed by atoms with Crippen molar-refractivity contribution >= 4 is 0 Å². The second-order valence-corrected chi connectivity index (χ2v) is 4.21. The molecule has 3 nitrogen and oxygen atoms in total. The topological polar surface area (TPSA) is 29.9 Å². The highest BCUT2D eigenvalue weighted by molar-refractivity contribution is 5.20. The summed E-state index contributed by atoms with van der Waals surface area (Å²) in [5, 5.41) is 7.94. The van der Waals surface area contributed by atoms with Crippen LogP contribution >= 0.6 is 0 Å². The van der Waals surface area contributed by atoms with Crippen molar-refractivity contribution in [2.45, 2.75) is 19.4 Å². The van der Waals surface area contributed by atoms with Gasteiger partial charge in [0.15, 0.2) is 0 Å². The van der Waals surface area contributed by atoms with Gasteiger partial charge in [-0.25, -0.2) is 0 Å². The van der Waals surface area contributed by atoms with Crippen LogP contribution in [0, 0.1) is 0 Å². The summed E-state index contributed by atoms with van der Waals surface area (Å²) in [7, 11) is 1.95. The van der Waals surface area contributed by atoms with E-state index in [0.29, 0.717) is 6.04 Å². The number of nitrogens with one attached hydrogen (secondary N) is 1. The van der Waals surface area contributed by atoms with Gasteiger partial charge in [-0.3, -0.25) is 4.68 Å². The lowest BCUT2D eigenvalue weighted by molar-refractivity contribution is 0.540. The van der Waals surface area contributed by atoms with Crippen LogP contribution in [0.4, 0.5) is 0 Å². The molecule has 0 bridgehead atoms. The molecule has 17 heavy (non-hydrogen) atoms. The zero-order valence-electron chi connectivity index (χ0n) is 10.4. The molecule has 1 aromatic heterocycles. The van der Waals surface area contributed by atoms with E-state index in [2.05, 4.69) is 47.7 Å². The molecule has 0 aliphatic carbocycles. The van der Waals surface area contributed by atoms with Crippen molar-refractivity contribution in [3.63, 3.8) is 0 Å². The van der Waals surface area contributed by atoms with Crippen LogP contribution in [0.5, 0.6) is 0 Å². The maximum absolute atomic E-state index is 4.43.